The maximum Gasteiger partial charge on any atom is 0.272 e. The fourth-order valence-corrected chi connectivity index (χ4v) is 12.2. The van der Waals surface area contributed by atoms with Crippen molar-refractivity contribution in [2.75, 3.05) is 6.54 Å². The summed E-state index contributed by atoms with van der Waals surface area (Å²) in [5, 5.41) is 5.92. The average molecular weight is 654 g/mol. The van der Waals surface area contributed by atoms with E-state index in [1.807, 2.05) is 24.4 Å². The van der Waals surface area contributed by atoms with Crippen LogP contribution < -0.4 is 5.32 Å². The summed E-state index contributed by atoms with van der Waals surface area (Å²) < 4.78 is 79.3. The molecule has 1 aromatic carbocycles. The average Bonchev–Trinajstić information content (AvgIpc) is 3.54. The minimum Gasteiger partial charge on any atom is -0.310 e. The second-order valence-electron chi connectivity index (χ2n) is 9.39. The zero-order valence-electron chi connectivity index (χ0n) is 21.6. The van der Waals surface area contributed by atoms with Crippen LogP contribution in [0.2, 0.25) is 0 Å². The molecule has 0 fully saturated rings. The Labute approximate surface area is 245 Å². The standard InChI is InChI=1S/C15H16O5S3.C10H15NO2S2.ClH/c1-11-9-14(13-7-8-21-15(13)23(11,18)19)20-22(16,17)10-12-5-3-2-4-6-12;1-3-11-9-6-7(2)15(12,13)10-8(9)4-5-14-10;/h2-8,11,14H,9-10H2,1H3;4-5,7,9,11H,3,6H2,1-2H3;1H/t11-,14+;7-,9-;/m00./s1. The lowest BCUT2D eigenvalue weighted by molar-refractivity contribution is 0.196. The van der Waals surface area contributed by atoms with Crippen molar-refractivity contribution in [1.29, 1.82) is 0 Å². The van der Waals surface area contributed by atoms with Crippen LogP contribution in [0.5, 0.6) is 0 Å². The van der Waals surface area contributed by atoms with Gasteiger partial charge in [-0.05, 0) is 67.3 Å². The van der Waals surface area contributed by atoms with E-state index in [0.29, 0.717) is 21.8 Å². The molecule has 0 amide bonds. The van der Waals surface area contributed by atoms with Gasteiger partial charge < -0.3 is 5.32 Å². The fourth-order valence-electron chi connectivity index (χ4n) is 4.60. The van der Waals surface area contributed by atoms with Gasteiger partial charge in [-0.25, -0.2) is 16.8 Å². The molecule has 0 radical (unpaired) electrons. The molecule has 0 saturated heterocycles. The van der Waals surface area contributed by atoms with Gasteiger partial charge in [-0.2, -0.15) is 8.42 Å². The van der Waals surface area contributed by atoms with E-state index in [9.17, 15) is 25.3 Å². The third-order valence-corrected chi connectivity index (χ3v) is 15.3. The molecule has 0 saturated carbocycles. The van der Waals surface area contributed by atoms with Crippen molar-refractivity contribution in [3.8, 4) is 0 Å². The molecule has 2 aliphatic heterocycles. The lowest BCUT2D eigenvalue weighted by atomic mass is 10.1. The van der Waals surface area contributed by atoms with E-state index in [1.165, 1.54) is 11.3 Å². The minimum absolute atomic E-state index is 0. The number of sulfone groups is 2. The highest BCUT2D eigenvalue weighted by Crippen LogP contribution is 2.42. The lowest BCUT2D eigenvalue weighted by Gasteiger charge is -2.27. The van der Waals surface area contributed by atoms with Crippen LogP contribution in [0.25, 0.3) is 0 Å². The SMILES string of the molecule is CCN[C@H]1C[C@H](C)S(=O)(=O)c2sccc21.C[C@H]1C[C@@H](OS(=O)(=O)Cc2ccccc2)c2ccsc2S1(=O)=O.Cl. The van der Waals surface area contributed by atoms with Gasteiger partial charge in [0.25, 0.3) is 10.1 Å². The Balaban J connectivity index is 0.000000228. The van der Waals surface area contributed by atoms with Crippen LogP contribution in [0.1, 0.15) is 62.4 Å². The van der Waals surface area contributed by atoms with Crippen molar-refractivity contribution < 1.29 is 29.4 Å². The second-order valence-corrected chi connectivity index (χ2v) is 17.9. The predicted octanol–water partition coefficient (Wildman–Crippen LogP) is 5.29. The molecule has 2 aliphatic rings. The summed E-state index contributed by atoms with van der Waals surface area (Å²) in [7, 11) is -10.2. The number of fused-ring (bicyclic) bond motifs is 2. The van der Waals surface area contributed by atoms with Gasteiger partial charge in [0.15, 0.2) is 19.7 Å². The third kappa shape index (κ3) is 6.95. The second kappa shape index (κ2) is 12.7. The van der Waals surface area contributed by atoms with Crippen LogP contribution in [0.4, 0.5) is 0 Å². The number of halogens is 1. The van der Waals surface area contributed by atoms with Crippen LogP contribution in [-0.2, 0) is 39.7 Å². The van der Waals surface area contributed by atoms with Gasteiger partial charge in [0.05, 0.1) is 10.5 Å². The van der Waals surface area contributed by atoms with E-state index in [1.54, 1.807) is 49.6 Å². The van der Waals surface area contributed by atoms with Crippen LogP contribution >= 0.6 is 35.1 Å². The quantitative estimate of drug-likeness (QED) is 0.356. The maximum atomic E-state index is 12.3. The van der Waals surface area contributed by atoms with Gasteiger partial charge in [-0.3, -0.25) is 4.18 Å². The molecule has 0 spiro atoms. The molecular formula is C25H32ClNO7S5. The highest BCUT2D eigenvalue weighted by molar-refractivity contribution is 7.94. The Hall–Kier alpha value is -1.32. The molecule has 0 unspecified atom stereocenters. The van der Waals surface area contributed by atoms with Gasteiger partial charge >= 0.3 is 0 Å². The van der Waals surface area contributed by atoms with Crippen LogP contribution in [-0.4, -0.2) is 42.3 Å². The number of hydrogen-bond donors (Lipinski definition) is 1. The summed E-state index contributed by atoms with van der Waals surface area (Å²) in [5.41, 5.74) is 2.04. The predicted molar refractivity (Wildman–Crippen MR) is 158 cm³/mol. The Morgan fingerprint density at radius 1 is 0.872 bits per heavy atom. The monoisotopic (exact) mass is 653 g/mol. The largest absolute Gasteiger partial charge is 0.310 e. The first-order chi connectivity index (χ1) is 17.9. The van der Waals surface area contributed by atoms with Gasteiger partial charge in [0.1, 0.15) is 20.3 Å². The lowest BCUT2D eigenvalue weighted by Crippen LogP contribution is -2.33. The van der Waals surface area contributed by atoms with Gasteiger partial charge in [0, 0.05) is 11.6 Å². The van der Waals surface area contributed by atoms with Crippen molar-refractivity contribution in [2.24, 2.45) is 0 Å². The van der Waals surface area contributed by atoms with E-state index in [-0.39, 0.29) is 40.1 Å². The van der Waals surface area contributed by atoms with Gasteiger partial charge in [-0.1, -0.05) is 37.3 Å². The highest BCUT2D eigenvalue weighted by Gasteiger charge is 2.40. The Morgan fingerprint density at radius 3 is 2.00 bits per heavy atom. The molecule has 4 heterocycles. The molecule has 5 rings (SSSR count). The maximum absolute atomic E-state index is 12.3. The summed E-state index contributed by atoms with van der Waals surface area (Å²) >= 11 is 2.44. The van der Waals surface area contributed by atoms with E-state index in [4.69, 9.17) is 4.18 Å². The molecule has 1 N–H and O–H groups in total. The Kier molecular flexibility index (Phi) is 10.5. The molecule has 14 heteroatoms. The van der Waals surface area contributed by atoms with Crippen molar-refractivity contribution >= 4 is 64.9 Å². The zero-order valence-corrected chi connectivity index (χ0v) is 26.5. The molecule has 4 atom stereocenters. The summed E-state index contributed by atoms with van der Waals surface area (Å²) in [6.07, 6.45) is 0.0727. The highest BCUT2D eigenvalue weighted by atomic mass is 35.5. The Bertz CT molecular complexity index is 1580. The van der Waals surface area contributed by atoms with E-state index in [2.05, 4.69) is 5.32 Å². The Morgan fingerprint density at radius 2 is 1.41 bits per heavy atom. The number of hydrogen-bond acceptors (Lipinski definition) is 10. The molecule has 8 nitrogen and oxygen atoms in total. The minimum atomic E-state index is -3.81. The summed E-state index contributed by atoms with van der Waals surface area (Å²) in [4.78, 5) is 0. The molecule has 0 bridgehead atoms. The number of nitrogens with one attached hydrogen (secondary N) is 1. The fraction of sp³-hybridized carbons (Fsp3) is 0.440. The molecule has 39 heavy (non-hydrogen) atoms. The molecule has 0 aliphatic carbocycles. The van der Waals surface area contributed by atoms with Crippen molar-refractivity contribution in [3.05, 3.63) is 69.9 Å². The van der Waals surface area contributed by atoms with Gasteiger partial charge in [0.2, 0.25) is 0 Å². The first-order valence-electron chi connectivity index (χ1n) is 12.2. The van der Waals surface area contributed by atoms with Crippen molar-refractivity contribution in [2.45, 2.75) is 70.4 Å². The molecule has 3 aromatic rings. The smallest absolute Gasteiger partial charge is 0.272 e. The summed E-state index contributed by atoms with van der Waals surface area (Å²) in [6, 6.07) is 12.5. The van der Waals surface area contributed by atoms with Crippen molar-refractivity contribution in [3.63, 3.8) is 0 Å². The van der Waals surface area contributed by atoms with E-state index >= 15 is 0 Å². The molecule has 216 valence electrons. The number of rotatable bonds is 6. The summed E-state index contributed by atoms with van der Waals surface area (Å²) in [5.74, 6) is -0.231. The number of thiophene rings is 2. The third-order valence-electron chi connectivity index (χ3n) is 6.63. The van der Waals surface area contributed by atoms with Crippen molar-refractivity contribution in [1.82, 2.24) is 5.32 Å². The van der Waals surface area contributed by atoms with Crippen LogP contribution in [0, 0.1) is 0 Å². The van der Waals surface area contributed by atoms with E-state index in [0.717, 1.165) is 23.4 Å². The first kappa shape index (κ1) is 32.2. The molecule has 2 aromatic heterocycles. The topological polar surface area (TPSA) is 124 Å². The van der Waals surface area contributed by atoms with E-state index < -0.39 is 41.1 Å². The summed E-state index contributed by atoms with van der Waals surface area (Å²) in [6.45, 7) is 6.28. The zero-order chi connectivity index (χ0) is 27.7. The molecular weight excluding hydrogens is 622 g/mol. The van der Waals surface area contributed by atoms with Gasteiger partial charge in [-0.15, -0.1) is 35.1 Å². The normalized spacial score (nSPS) is 24.8. The first-order valence-corrected chi connectivity index (χ1v) is 18.6. The van der Waals surface area contributed by atoms with Crippen LogP contribution in [0.15, 0.2) is 61.6 Å². The van der Waals surface area contributed by atoms with Crippen LogP contribution in [0.3, 0.4) is 0 Å². The number of benzene rings is 1.